The van der Waals surface area contributed by atoms with Crippen LogP contribution in [0.25, 0.3) is 0 Å². The number of rotatable bonds is 4. The number of para-hydroxylation sites is 1. The zero-order valence-electron chi connectivity index (χ0n) is 11.9. The molecule has 1 amide bonds. The van der Waals surface area contributed by atoms with Crippen LogP contribution in [0.4, 0.5) is 0 Å². The van der Waals surface area contributed by atoms with Crippen LogP contribution in [-0.4, -0.2) is 12.5 Å². The minimum absolute atomic E-state index is 0.0678. The summed E-state index contributed by atoms with van der Waals surface area (Å²) in [6.07, 6.45) is 2.12. The number of carbonyl (C=O) groups excluding carboxylic acids is 1. The molecule has 3 rings (SSSR count). The molecule has 0 aliphatic carbocycles. The predicted octanol–water partition coefficient (Wildman–Crippen LogP) is 3.26. The summed E-state index contributed by atoms with van der Waals surface area (Å²) in [5.41, 5.74) is 2.27. The highest BCUT2D eigenvalue weighted by molar-refractivity contribution is 5.76. The predicted molar refractivity (Wildman–Crippen MR) is 82.2 cm³/mol. The molecule has 0 aromatic heterocycles. The Labute approximate surface area is 124 Å². The third-order valence-corrected chi connectivity index (χ3v) is 3.78. The topological polar surface area (TPSA) is 38.3 Å². The normalized spacial score (nSPS) is 16.7. The van der Waals surface area contributed by atoms with Crippen molar-refractivity contribution in [1.29, 1.82) is 0 Å². The van der Waals surface area contributed by atoms with Gasteiger partial charge in [0.15, 0.2) is 0 Å². The van der Waals surface area contributed by atoms with E-state index in [9.17, 15) is 4.79 Å². The second kappa shape index (κ2) is 6.44. The second-order valence-corrected chi connectivity index (χ2v) is 5.28. The van der Waals surface area contributed by atoms with Crippen LogP contribution in [0, 0.1) is 0 Å². The van der Waals surface area contributed by atoms with E-state index in [1.54, 1.807) is 0 Å². The van der Waals surface area contributed by atoms with Crippen LogP contribution in [0.2, 0.25) is 0 Å². The number of aryl methyl sites for hydroxylation is 1. The first-order chi connectivity index (χ1) is 10.3. The maximum atomic E-state index is 12.1. The van der Waals surface area contributed by atoms with Crippen LogP contribution in [0.15, 0.2) is 54.6 Å². The number of amides is 1. The van der Waals surface area contributed by atoms with Crippen molar-refractivity contribution in [2.24, 2.45) is 0 Å². The van der Waals surface area contributed by atoms with Crippen LogP contribution in [0.3, 0.4) is 0 Å². The molecule has 3 heteroatoms. The molecule has 21 heavy (non-hydrogen) atoms. The summed E-state index contributed by atoms with van der Waals surface area (Å²) < 4.78 is 5.61. The minimum atomic E-state index is 0.0678. The van der Waals surface area contributed by atoms with Gasteiger partial charge in [-0.25, -0.2) is 0 Å². The standard InChI is InChI=1S/C18H19NO2/c20-18(11-10-14-6-2-1-3-7-14)19-16-12-13-21-17-9-5-4-8-15(16)17/h1-9,16H,10-13H2,(H,19,20)/t16-/m1/s1. The van der Waals surface area contributed by atoms with Gasteiger partial charge in [-0.3, -0.25) is 4.79 Å². The van der Waals surface area contributed by atoms with Gasteiger partial charge in [0.2, 0.25) is 5.91 Å². The van der Waals surface area contributed by atoms with Crippen LogP contribution < -0.4 is 10.1 Å². The van der Waals surface area contributed by atoms with Crippen LogP contribution >= 0.6 is 0 Å². The Morgan fingerprint density at radius 3 is 2.71 bits per heavy atom. The Morgan fingerprint density at radius 2 is 1.86 bits per heavy atom. The molecule has 1 aliphatic rings. The molecule has 1 aliphatic heterocycles. The van der Waals surface area contributed by atoms with Crippen molar-refractivity contribution in [2.75, 3.05) is 6.61 Å². The molecule has 0 saturated heterocycles. The molecule has 0 unspecified atom stereocenters. The van der Waals surface area contributed by atoms with Crippen molar-refractivity contribution in [2.45, 2.75) is 25.3 Å². The molecule has 0 saturated carbocycles. The Morgan fingerprint density at radius 1 is 1.10 bits per heavy atom. The smallest absolute Gasteiger partial charge is 0.220 e. The van der Waals surface area contributed by atoms with Gasteiger partial charge in [-0.2, -0.15) is 0 Å². The summed E-state index contributed by atoms with van der Waals surface area (Å²) >= 11 is 0. The highest BCUT2D eigenvalue weighted by Crippen LogP contribution is 2.31. The van der Waals surface area contributed by atoms with Crippen molar-refractivity contribution in [3.8, 4) is 5.75 Å². The third kappa shape index (κ3) is 3.43. The largest absolute Gasteiger partial charge is 0.493 e. The molecule has 2 aromatic carbocycles. The van der Waals surface area contributed by atoms with E-state index in [-0.39, 0.29) is 11.9 Å². The lowest BCUT2D eigenvalue weighted by molar-refractivity contribution is -0.122. The molecular formula is C18H19NO2. The quantitative estimate of drug-likeness (QED) is 0.934. The zero-order valence-corrected chi connectivity index (χ0v) is 11.9. The van der Waals surface area contributed by atoms with E-state index in [1.165, 1.54) is 5.56 Å². The highest BCUT2D eigenvalue weighted by Gasteiger charge is 2.22. The van der Waals surface area contributed by atoms with Crippen molar-refractivity contribution in [1.82, 2.24) is 5.32 Å². The first kappa shape index (κ1) is 13.7. The summed E-state index contributed by atoms with van der Waals surface area (Å²) in [6, 6.07) is 18.1. The van der Waals surface area contributed by atoms with Crippen molar-refractivity contribution in [3.05, 3.63) is 65.7 Å². The summed E-state index contributed by atoms with van der Waals surface area (Å²) in [5, 5.41) is 3.13. The minimum Gasteiger partial charge on any atom is -0.493 e. The molecule has 3 nitrogen and oxygen atoms in total. The number of nitrogens with one attached hydrogen (secondary N) is 1. The monoisotopic (exact) mass is 281 g/mol. The van der Waals surface area contributed by atoms with E-state index >= 15 is 0 Å². The maximum absolute atomic E-state index is 12.1. The number of carbonyl (C=O) groups is 1. The zero-order chi connectivity index (χ0) is 14.5. The Hall–Kier alpha value is -2.29. The van der Waals surface area contributed by atoms with Gasteiger partial charge in [-0.1, -0.05) is 48.5 Å². The third-order valence-electron chi connectivity index (χ3n) is 3.78. The number of benzene rings is 2. The highest BCUT2D eigenvalue weighted by atomic mass is 16.5. The Kier molecular flexibility index (Phi) is 4.20. The lowest BCUT2D eigenvalue weighted by Gasteiger charge is -2.26. The fourth-order valence-electron chi connectivity index (χ4n) is 2.66. The molecule has 0 bridgehead atoms. The van der Waals surface area contributed by atoms with E-state index in [4.69, 9.17) is 4.74 Å². The number of fused-ring (bicyclic) bond motifs is 1. The lowest BCUT2D eigenvalue weighted by atomic mass is 10.00. The Bertz CT molecular complexity index is 610. The van der Waals surface area contributed by atoms with Gasteiger partial charge >= 0.3 is 0 Å². The molecule has 0 radical (unpaired) electrons. The molecule has 1 N–H and O–H groups in total. The molecule has 0 spiro atoms. The molecular weight excluding hydrogens is 262 g/mol. The first-order valence-corrected chi connectivity index (χ1v) is 7.38. The van der Waals surface area contributed by atoms with E-state index in [2.05, 4.69) is 17.4 Å². The van der Waals surface area contributed by atoms with Crippen molar-refractivity contribution in [3.63, 3.8) is 0 Å². The van der Waals surface area contributed by atoms with E-state index in [1.807, 2.05) is 42.5 Å². The number of ether oxygens (including phenoxy) is 1. The van der Waals surface area contributed by atoms with E-state index in [0.717, 1.165) is 24.2 Å². The second-order valence-electron chi connectivity index (χ2n) is 5.28. The number of hydrogen-bond donors (Lipinski definition) is 1. The van der Waals surface area contributed by atoms with E-state index < -0.39 is 0 Å². The molecule has 1 heterocycles. The van der Waals surface area contributed by atoms with Crippen LogP contribution in [0.1, 0.15) is 30.0 Å². The summed E-state index contributed by atoms with van der Waals surface area (Å²) in [6.45, 7) is 0.653. The molecule has 108 valence electrons. The fourth-order valence-corrected chi connectivity index (χ4v) is 2.66. The van der Waals surface area contributed by atoms with Gasteiger partial charge in [0.05, 0.1) is 12.6 Å². The summed E-state index contributed by atoms with van der Waals surface area (Å²) in [5.74, 6) is 0.984. The molecule has 2 aromatic rings. The average molecular weight is 281 g/mol. The fraction of sp³-hybridized carbons (Fsp3) is 0.278. The number of hydrogen-bond acceptors (Lipinski definition) is 2. The lowest BCUT2D eigenvalue weighted by Crippen LogP contribution is -2.32. The van der Waals surface area contributed by atoms with Crippen molar-refractivity contribution < 1.29 is 9.53 Å². The SMILES string of the molecule is O=C(CCc1ccccc1)N[C@@H]1CCOc2ccccc21. The molecule has 1 atom stereocenters. The van der Waals surface area contributed by atoms with Gasteiger partial charge in [0, 0.05) is 18.4 Å². The van der Waals surface area contributed by atoms with Gasteiger partial charge in [-0.05, 0) is 18.1 Å². The average Bonchev–Trinajstić information content (AvgIpc) is 2.54. The summed E-state index contributed by atoms with van der Waals surface area (Å²) in [7, 11) is 0. The van der Waals surface area contributed by atoms with Crippen LogP contribution in [0.5, 0.6) is 5.75 Å². The van der Waals surface area contributed by atoms with Gasteiger partial charge in [-0.15, -0.1) is 0 Å². The first-order valence-electron chi connectivity index (χ1n) is 7.38. The summed E-state index contributed by atoms with van der Waals surface area (Å²) in [4.78, 5) is 12.1. The maximum Gasteiger partial charge on any atom is 0.220 e. The van der Waals surface area contributed by atoms with Crippen LogP contribution in [-0.2, 0) is 11.2 Å². The van der Waals surface area contributed by atoms with E-state index in [0.29, 0.717) is 13.0 Å². The van der Waals surface area contributed by atoms with Crippen molar-refractivity contribution >= 4 is 5.91 Å². The Balaban J connectivity index is 1.58. The van der Waals surface area contributed by atoms with Gasteiger partial charge in [0.25, 0.3) is 0 Å². The van der Waals surface area contributed by atoms with Gasteiger partial charge < -0.3 is 10.1 Å². The van der Waals surface area contributed by atoms with Gasteiger partial charge in [0.1, 0.15) is 5.75 Å². The molecule has 0 fully saturated rings.